The zero-order chi connectivity index (χ0) is 31.1. The molecule has 1 N–H and O–H groups in total. The zero-order valence-corrected chi connectivity index (χ0v) is 26.3. The number of nitriles is 1. The lowest BCUT2D eigenvalue weighted by Crippen LogP contribution is -2.24. The minimum atomic E-state index is -0.530. The molecule has 0 aliphatic carbocycles. The number of benzene rings is 3. The number of thiazole rings is 1. The van der Waals surface area contributed by atoms with E-state index in [-0.39, 0.29) is 5.91 Å². The van der Waals surface area contributed by atoms with Crippen LogP contribution in [0, 0.1) is 11.3 Å². The standard InChI is InChI=1S/C34H30N4O4S2/c1-5-30(32(39)38-34-37-27(20-43-34)22-14-10-7-11-15-22)44-33-25(19-35)24(18-26(36-33)21-12-8-6-9-13-21)23-16-28(40-2)31(42-4)29(17-23)41-3/h6-18,20,30H,5H2,1-4H3,(H,37,38,39). The van der Waals surface area contributed by atoms with Gasteiger partial charge in [-0.15, -0.1) is 11.3 Å². The maximum Gasteiger partial charge on any atom is 0.239 e. The van der Waals surface area contributed by atoms with Gasteiger partial charge in [-0.25, -0.2) is 9.97 Å². The summed E-state index contributed by atoms with van der Waals surface area (Å²) in [7, 11) is 4.63. The van der Waals surface area contributed by atoms with Crippen molar-refractivity contribution in [2.24, 2.45) is 0 Å². The number of hydrogen-bond donors (Lipinski definition) is 1. The Balaban J connectivity index is 1.54. The van der Waals surface area contributed by atoms with E-state index in [2.05, 4.69) is 16.4 Å². The molecule has 1 amide bonds. The number of pyridine rings is 1. The van der Waals surface area contributed by atoms with Crippen LogP contribution >= 0.6 is 23.1 Å². The van der Waals surface area contributed by atoms with Crippen molar-refractivity contribution in [2.75, 3.05) is 26.6 Å². The van der Waals surface area contributed by atoms with Crippen LogP contribution in [0.1, 0.15) is 18.9 Å². The fraction of sp³-hybridized carbons (Fsp3) is 0.176. The molecule has 1 atom stereocenters. The third-order valence-electron chi connectivity index (χ3n) is 6.86. The maximum absolute atomic E-state index is 13.5. The number of ether oxygens (including phenoxy) is 3. The molecular formula is C34H30N4O4S2. The predicted octanol–water partition coefficient (Wildman–Crippen LogP) is 7.95. The first-order valence-electron chi connectivity index (χ1n) is 13.8. The molecule has 0 spiro atoms. The van der Waals surface area contributed by atoms with E-state index in [9.17, 15) is 10.1 Å². The second kappa shape index (κ2) is 14.1. The van der Waals surface area contributed by atoms with Crippen molar-refractivity contribution in [1.29, 1.82) is 5.26 Å². The number of aromatic nitrogens is 2. The van der Waals surface area contributed by atoms with Gasteiger partial charge in [-0.2, -0.15) is 5.26 Å². The smallest absolute Gasteiger partial charge is 0.239 e. The van der Waals surface area contributed by atoms with Crippen LogP contribution in [0.5, 0.6) is 17.2 Å². The highest BCUT2D eigenvalue weighted by molar-refractivity contribution is 8.00. The van der Waals surface area contributed by atoms with E-state index < -0.39 is 5.25 Å². The molecule has 10 heteroatoms. The van der Waals surface area contributed by atoms with E-state index in [1.807, 2.05) is 79.0 Å². The molecule has 0 radical (unpaired) electrons. The third kappa shape index (κ3) is 6.54. The van der Waals surface area contributed by atoms with Crippen molar-refractivity contribution in [3.05, 3.63) is 89.8 Å². The molecule has 8 nitrogen and oxygen atoms in total. The second-order valence-corrected chi connectivity index (χ2v) is 11.6. The summed E-state index contributed by atoms with van der Waals surface area (Å²) in [5.74, 6) is 1.16. The molecule has 2 aromatic heterocycles. The van der Waals surface area contributed by atoms with E-state index >= 15 is 0 Å². The van der Waals surface area contributed by atoms with E-state index in [1.54, 1.807) is 33.5 Å². The van der Waals surface area contributed by atoms with Gasteiger partial charge in [0.2, 0.25) is 11.7 Å². The summed E-state index contributed by atoms with van der Waals surface area (Å²) in [6.45, 7) is 1.93. The highest BCUT2D eigenvalue weighted by Crippen LogP contribution is 2.44. The van der Waals surface area contributed by atoms with Crippen molar-refractivity contribution < 1.29 is 19.0 Å². The Kier molecular flexibility index (Phi) is 9.79. The molecule has 0 fully saturated rings. The van der Waals surface area contributed by atoms with E-state index in [1.165, 1.54) is 23.1 Å². The Hall–Kier alpha value is -4.85. The fourth-order valence-corrected chi connectivity index (χ4v) is 6.40. The van der Waals surface area contributed by atoms with Crippen molar-refractivity contribution >= 4 is 34.1 Å². The number of rotatable bonds is 11. The van der Waals surface area contributed by atoms with Gasteiger partial charge in [0.05, 0.1) is 43.5 Å². The van der Waals surface area contributed by atoms with Crippen LogP contribution < -0.4 is 19.5 Å². The van der Waals surface area contributed by atoms with E-state index in [0.717, 1.165) is 16.8 Å². The van der Waals surface area contributed by atoms with E-state index in [0.29, 0.717) is 56.2 Å². The van der Waals surface area contributed by atoms with Crippen molar-refractivity contribution in [3.63, 3.8) is 0 Å². The topological polar surface area (TPSA) is 106 Å². The monoisotopic (exact) mass is 622 g/mol. The van der Waals surface area contributed by atoms with Crippen LogP contribution in [0.3, 0.4) is 0 Å². The molecule has 0 saturated carbocycles. The zero-order valence-electron chi connectivity index (χ0n) is 24.7. The van der Waals surface area contributed by atoms with Crippen molar-refractivity contribution in [3.8, 4) is 57.0 Å². The van der Waals surface area contributed by atoms with Crippen LogP contribution in [-0.2, 0) is 4.79 Å². The van der Waals surface area contributed by atoms with Gasteiger partial charge < -0.3 is 19.5 Å². The molecule has 0 aliphatic heterocycles. The molecule has 5 aromatic rings. The number of nitrogens with one attached hydrogen (secondary N) is 1. The van der Waals surface area contributed by atoms with Crippen LogP contribution in [0.25, 0.3) is 33.6 Å². The number of amides is 1. The lowest BCUT2D eigenvalue weighted by molar-refractivity contribution is -0.115. The van der Waals surface area contributed by atoms with Gasteiger partial charge in [0, 0.05) is 22.1 Å². The van der Waals surface area contributed by atoms with Gasteiger partial charge in [0.1, 0.15) is 11.1 Å². The second-order valence-electron chi connectivity index (χ2n) is 9.53. The molecule has 1 unspecified atom stereocenters. The molecule has 2 heterocycles. The maximum atomic E-state index is 13.5. The van der Waals surface area contributed by atoms with Gasteiger partial charge >= 0.3 is 0 Å². The summed E-state index contributed by atoms with van der Waals surface area (Å²) < 4.78 is 16.7. The number of hydrogen-bond acceptors (Lipinski definition) is 9. The summed E-state index contributed by atoms with van der Waals surface area (Å²) >= 11 is 2.63. The van der Waals surface area contributed by atoms with Crippen LogP contribution in [0.2, 0.25) is 0 Å². The Bertz CT molecular complexity index is 1780. The molecular weight excluding hydrogens is 593 g/mol. The summed E-state index contributed by atoms with van der Waals surface area (Å²) in [6.07, 6.45) is 0.509. The minimum absolute atomic E-state index is 0.211. The number of carbonyl (C=O) groups excluding carboxylic acids is 1. The lowest BCUT2D eigenvalue weighted by Gasteiger charge is -2.18. The van der Waals surface area contributed by atoms with Gasteiger partial charge in [-0.05, 0) is 30.2 Å². The molecule has 44 heavy (non-hydrogen) atoms. The number of methoxy groups -OCH3 is 3. The largest absolute Gasteiger partial charge is 0.493 e. The van der Waals surface area contributed by atoms with Gasteiger partial charge in [0.25, 0.3) is 0 Å². The number of nitrogens with zero attached hydrogens (tertiary/aromatic N) is 3. The summed E-state index contributed by atoms with van der Waals surface area (Å²) in [5, 5.41) is 15.8. The first kappa shape index (κ1) is 30.6. The van der Waals surface area contributed by atoms with E-state index in [4.69, 9.17) is 19.2 Å². The summed E-state index contributed by atoms with van der Waals surface area (Å²) in [4.78, 5) is 23.0. The average molecular weight is 623 g/mol. The highest BCUT2D eigenvalue weighted by Gasteiger charge is 2.25. The summed E-state index contributed by atoms with van der Waals surface area (Å²) in [5.41, 5.74) is 4.98. The van der Waals surface area contributed by atoms with Crippen LogP contribution in [-0.4, -0.2) is 42.5 Å². The van der Waals surface area contributed by atoms with Gasteiger partial charge in [-0.3, -0.25) is 4.79 Å². The first-order chi connectivity index (χ1) is 21.5. The Labute approximate surface area is 264 Å². The normalized spacial score (nSPS) is 11.3. The number of anilines is 1. The summed E-state index contributed by atoms with van der Waals surface area (Å²) in [6, 6.07) is 27.3. The highest BCUT2D eigenvalue weighted by atomic mass is 32.2. The van der Waals surface area contributed by atoms with Crippen LogP contribution in [0.4, 0.5) is 5.13 Å². The Morgan fingerprint density at radius 2 is 1.50 bits per heavy atom. The van der Waals surface area contributed by atoms with Crippen LogP contribution in [0.15, 0.2) is 89.3 Å². The number of carbonyl (C=O) groups is 1. The molecule has 5 rings (SSSR count). The molecule has 3 aromatic carbocycles. The predicted molar refractivity (Wildman–Crippen MR) is 176 cm³/mol. The minimum Gasteiger partial charge on any atom is -0.493 e. The quantitative estimate of drug-likeness (QED) is 0.148. The fourth-order valence-electron chi connectivity index (χ4n) is 4.65. The van der Waals surface area contributed by atoms with Crippen molar-refractivity contribution in [1.82, 2.24) is 9.97 Å². The SMILES string of the molecule is CCC(Sc1nc(-c2ccccc2)cc(-c2cc(OC)c(OC)c(OC)c2)c1C#N)C(=O)Nc1nc(-c2ccccc2)cs1. The van der Waals surface area contributed by atoms with Gasteiger partial charge in [-0.1, -0.05) is 79.3 Å². The number of thioether (sulfide) groups is 1. The molecule has 0 saturated heterocycles. The average Bonchev–Trinajstić information content (AvgIpc) is 3.55. The first-order valence-corrected chi connectivity index (χ1v) is 15.5. The molecule has 222 valence electrons. The van der Waals surface area contributed by atoms with Crippen molar-refractivity contribution in [2.45, 2.75) is 23.6 Å². The third-order valence-corrected chi connectivity index (χ3v) is 8.97. The molecule has 0 aliphatic rings. The van der Waals surface area contributed by atoms with Gasteiger partial charge in [0.15, 0.2) is 16.6 Å². The molecule has 0 bridgehead atoms. The lowest BCUT2D eigenvalue weighted by atomic mass is 9.98. The Morgan fingerprint density at radius 1 is 0.886 bits per heavy atom. The Morgan fingerprint density at radius 3 is 2.05 bits per heavy atom.